The van der Waals surface area contributed by atoms with Crippen LogP contribution in [0.15, 0.2) is 24.3 Å². The fraction of sp³-hybridized carbons (Fsp3) is 0.182. The van der Waals surface area contributed by atoms with Crippen molar-refractivity contribution in [2.75, 3.05) is 5.32 Å². The van der Waals surface area contributed by atoms with E-state index in [0.29, 0.717) is 11.3 Å². The van der Waals surface area contributed by atoms with Crippen LogP contribution in [-0.4, -0.2) is 17.8 Å². The highest BCUT2D eigenvalue weighted by Gasteiger charge is 2.03. The van der Waals surface area contributed by atoms with E-state index < -0.39 is 17.8 Å². The molecular formula is C11H11N2O4-. The summed E-state index contributed by atoms with van der Waals surface area (Å²) >= 11 is 0. The van der Waals surface area contributed by atoms with Crippen molar-refractivity contribution >= 4 is 23.5 Å². The molecule has 0 atom stereocenters. The van der Waals surface area contributed by atoms with Crippen molar-refractivity contribution < 1.29 is 19.5 Å². The van der Waals surface area contributed by atoms with E-state index in [9.17, 15) is 19.5 Å². The SMILES string of the molecule is NC(=O)c1ccc(NC(=O)CCC(=O)[O-])cc1. The van der Waals surface area contributed by atoms with Gasteiger partial charge in [-0.15, -0.1) is 0 Å². The molecule has 0 saturated heterocycles. The summed E-state index contributed by atoms with van der Waals surface area (Å²) in [5, 5.41) is 12.6. The Hall–Kier alpha value is -2.37. The van der Waals surface area contributed by atoms with E-state index in [0.717, 1.165) is 0 Å². The van der Waals surface area contributed by atoms with Crippen molar-refractivity contribution in [1.29, 1.82) is 0 Å². The van der Waals surface area contributed by atoms with Gasteiger partial charge in [-0.2, -0.15) is 0 Å². The van der Waals surface area contributed by atoms with Gasteiger partial charge in [-0.3, -0.25) is 9.59 Å². The van der Waals surface area contributed by atoms with Gasteiger partial charge in [0, 0.05) is 23.6 Å². The Morgan fingerprint density at radius 1 is 1.12 bits per heavy atom. The molecule has 0 heterocycles. The van der Waals surface area contributed by atoms with E-state index in [4.69, 9.17) is 5.73 Å². The Morgan fingerprint density at radius 2 is 1.71 bits per heavy atom. The summed E-state index contributed by atoms with van der Waals surface area (Å²) in [6.07, 6.45) is -0.481. The largest absolute Gasteiger partial charge is 0.550 e. The number of hydrogen-bond acceptors (Lipinski definition) is 4. The molecule has 0 aliphatic carbocycles. The number of rotatable bonds is 5. The summed E-state index contributed by atoms with van der Waals surface area (Å²) in [5.41, 5.74) is 5.85. The Balaban J connectivity index is 2.54. The minimum absolute atomic E-state index is 0.153. The van der Waals surface area contributed by atoms with Crippen LogP contribution in [0.1, 0.15) is 23.2 Å². The topological polar surface area (TPSA) is 112 Å². The molecule has 17 heavy (non-hydrogen) atoms. The van der Waals surface area contributed by atoms with Crippen LogP contribution in [0.3, 0.4) is 0 Å². The summed E-state index contributed by atoms with van der Waals surface area (Å²) in [4.78, 5) is 32.1. The molecule has 0 spiro atoms. The molecule has 0 radical (unpaired) electrons. The molecule has 0 aliphatic rings. The molecule has 1 aromatic carbocycles. The van der Waals surface area contributed by atoms with Gasteiger partial charge < -0.3 is 21.0 Å². The molecule has 0 saturated carbocycles. The fourth-order valence-electron chi connectivity index (χ4n) is 1.16. The molecule has 2 amide bonds. The summed E-state index contributed by atoms with van der Waals surface area (Å²) in [6.45, 7) is 0. The van der Waals surface area contributed by atoms with Crippen molar-refractivity contribution in [3.8, 4) is 0 Å². The van der Waals surface area contributed by atoms with Crippen molar-refractivity contribution in [3.05, 3.63) is 29.8 Å². The Bertz CT molecular complexity index is 439. The predicted octanol–water partition coefficient (Wildman–Crippen LogP) is -0.746. The molecule has 1 aromatic rings. The minimum Gasteiger partial charge on any atom is -0.550 e. The van der Waals surface area contributed by atoms with E-state index in [1.807, 2.05) is 0 Å². The Labute approximate surface area is 97.4 Å². The normalized spacial score (nSPS) is 9.65. The zero-order valence-electron chi connectivity index (χ0n) is 8.93. The number of primary amides is 1. The van der Waals surface area contributed by atoms with Crippen LogP contribution in [-0.2, 0) is 9.59 Å². The molecule has 0 fully saturated rings. The van der Waals surface area contributed by atoms with Gasteiger partial charge in [-0.1, -0.05) is 0 Å². The first-order valence-corrected chi connectivity index (χ1v) is 4.88. The standard InChI is InChI=1S/C11H12N2O4/c12-11(17)7-1-3-8(4-2-7)13-9(14)5-6-10(15)16/h1-4H,5-6H2,(H2,12,17)(H,13,14)(H,15,16)/p-1. The zero-order valence-corrected chi connectivity index (χ0v) is 8.93. The highest BCUT2D eigenvalue weighted by molar-refractivity contribution is 5.95. The maximum atomic E-state index is 11.2. The van der Waals surface area contributed by atoms with Gasteiger partial charge in [-0.25, -0.2) is 0 Å². The lowest BCUT2D eigenvalue weighted by Gasteiger charge is -2.06. The molecule has 0 unspecified atom stereocenters. The van der Waals surface area contributed by atoms with Crippen molar-refractivity contribution in [2.45, 2.75) is 12.8 Å². The van der Waals surface area contributed by atoms with Crippen LogP contribution < -0.4 is 16.2 Å². The van der Waals surface area contributed by atoms with Gasteiger partial charge >= 0.3 is 0 Å². The number of carbonyl (C=O) groups is 3. The van der Waals surface area contributed by atoms with Crippen molar-refractivity contribution in [1.82, 2.24) is 0 Å². The quantitative estimate of drug-likeness (QED) is 0.699. The molecule has 3 N–H and O–H groups in total. The van der Waals surface area contributed by atoms with Crippen molar-refractivity contribution in [2.24, 2.45) is 5.73 Å². The summed E-state index contributed by atoms with van der Waals surface area (Å²) in [5.74, 6) is -2.26. The number of amides is 2. The second-order valence-electron chi connectivity index (χ2n) is 3.36. The average Bonchev–Trinajstić information content (AvgIpc) is 2.27. The molecule has 90 valence electrons. The Morgan fingerprint density at radius 3 is 2.18 bits per heavy atom. The van der Waals surface area contributed by atoms with Crippen LogP contribution in [0.25, 0.3) is 0 Å². The lowest BCUT2D eigenvalue weighted by Crippen LogP contribution is -2.24. The molecule has 0 bridgehead atoms. The number of benzene rings is 1. The maximum Gasteiger partial charge on any atom is 0.248 e. The molecule has 6 heteroatoms. The predicted molar refractivity (Wildman–Crippen MR) is 57.8 cm³/mol. The van der Waals surface area contributed by atoms with Crippen molar-refractivity contribution in [3.63, 3.8) is 0 Å². The lowest BCUT2D eigenvalue weighted by molar-refractivity contribution is -0.305. The van der Waals surface area contributed by atoms with Gasteiger partial charge in [0.1, 0.15) is 0 Å². The van der Waals surface area contributed by atoms with Gasteiger partial charge in [0.2, 0.25) is 11.8 Å². The number of hydrogen-bond donors (Lipinski definition) is 2. The van der Waals surface area contributed by atoms with Crippen LogP contribution >= 0.6 is 0 Å². The second-order valence-corrected chi connectivity index (χ2v) is 3.36. The monoisotopic (exact) mass is 235 g/mol. The molecule has 0 aliphatic heterocycles. The smallest absolute Gasteiger partial charge is 0.248 e. The number of carboxylic acids is 1. The molecule has 6 nitrogen and oxygen atoms in total. The van der Waals surface area contributed by atoms with Gasteiger partial charge in [-0.05, 0) is 30.7 Å². The third kappa shape index (κ3) is 4.33. The average molecular weight is 235 g/mol. The van der Waals surface area contributed by atoms with E-state index in [2.05, 4.69) is 5.32 Å². The van der Waals surface area contributed by atoms with E-state index in [1.165, 1.54) is 24.3 Å². The first-order valence-electron chi connectivity index (χ1n) is 4.88. The fourth-order valence-corrected chi connectivity index (χ4v) is 1.16. The molecular weight excluding hydrogens is 224 g/mol. The highest BCUT2D eigenvalue weighted by Crippen LogP contribution is 2.09. The van der Waals surface area contributed by atoms with Crippen LogP contribution in [0.5, 0.6) is 0 Å². The van der Waals surface area contributed by atoms with E-state index in [1.54, 1.807) is 0 Å². The van der Waals surface area contributed by atoms with E-state index >= 15 is 0 Å². The second kappa shape index (κ2) is 5.64. The van der Waals surface area contributed by atoms with Gasteiger partial charge in [0.25, 0.3) is 0 Å². The Kier molecular flexibility index (Phi) is 4.21. The van der Waals surface area contributed by atoms with Gasteiger partial charge in [0.05, 0.1) is 0 Å². The number of anilines is 1. The number of carboxylic acid groups (broad SMARTS) is 1. The van der Waals surface area contributed by atoms with E-state index in [-0.39, 0.29) is 12.8 Å². The zero-order chi connectivity index (χ0) is 12.8. The maximum absolute atomic E-state index is 11.2. The third-order valence-electron chi connectivity index (χ3n) is 2.01. The minimum atomic E-state index is -1.27. The first-order chi connectivity index (χ1) is 7.99. The number of nitrogens with two attached hydrogens (primary N) is 1. The molecule has 1 rings (SSSR count). The molecule has 0 aromatic heterocycles. The lowest BCUT2D eigenvalue weighted by atomic mass is 10.2. The third-order valence-corrected chi connectivity index (χ3v) is 2.01. The summed E-state index contributed by atoms with van der Waals surface area (Å²) in [6, 6.07) is 5.96. The summed E-state index contributed by atoms with van der Waals surface area (Å²) < 4.78 is 0. The van der Waals surface area contributed by atoms with Gasteiger partial charge in [0.15, 0.2) is 0 Å². The number of aliphatic carboxylic acids is 1. The van der Waals surface area contributed by atoms with Crippen LogP contribution in [0.2, 0.25) is 0 Å². The number of carbonyl (C=O) groups excluding carboxylic acids is 3. The number of nitrogens with one attached hydrogen (secondary N) is 1. The highest BCUT2D eigenvalue weighted by atomic mass is 16.4. The van der Waals surface area contributed by atoms with Crippen LogP contribution in [0, 0.1) is 0 Å². The first kappa shape index (κ1) is 12.7. The van der Waals surface area contributed by atoms with Crippen LogP contribution in [0.4, 0.5) is 5.69 Å². The summed E-state index contributed by atoms with van der Waals surface area (Å²) in [7, 11) is 0.